The van der Waals surface area contributed by atoms with Gasteiger partial charge in [0.25, 0.3) is 0 Å². The smallest absolute Gasteiger partial charge is 0.326 e. The summed E-state index contributed by atoms with van der Waals surface area (Å²) < 4.78 is 0. The first-order valence-corrected chi connectivity index (χ1v) is 6.88. The number of aliphatic carboxylic acids is 1. The molecule has 0 aromatic carbocycles. The van der Waals surface area contributed by atoms with Gasteiger partial charge in [-0.25, -0.2) is 4.79 Å². The summed E-state index contributed by atoms with van der Waals surface area (Å²) in [5.74, 6) is -0.343. The predicted molar refractivity (Wildman–Crippen MR) is 67.1 cm³/mol. The van der Waals surface area contributed by atoms with Gasteiger partial charge in [0, 0.05) is 0 Å². The summed E-state index contributed by atoms with van der Waals surface area (Å²) in [6, 6.07) is -0.911. The van der Waals surface area contributed by atoms with Crippen molar-refractivity contribution in [1.29, 1.82) is 0 Å². The van der Waals surface area contributed by atoms with Gasteiger partial charge in [0.1, 0.15) is 6.04 Å². The van der Waals surface area contributed by atoms with Crippen molar-refractivity contribution in [3.05, 3.63) is 0 Å². The molecular weight excluding hydrogens is 232 g/mol. The molecule has 0 bridgehead atoms. The maximum absolute atomic E-state index is 12.1. The van der Waals surface area contributed by atoms with Crippen molar-refractivity contribution in [3.63, 3.8) is 0 Å². The SMILES string of the molecule is CCC1CCNC(C(=O)NC(C(=O)O)C2CC2)C1. The van der Waals surface area contributed by atoms with E-state index < -0.39 is 12.0 Å². The molecule has 1 aliphatic carbocycles. The van der Waals surface area contributed by atoms with Crippen LogP contribution in [0.5, 0.6) is 0 Å². The third-order valence-corrected chi connectivity index (χ3v) is 4.06. The average molecular weight is 254 g/mol. The maximum Gasteiger partial charge on any atom is 0.326 e. The van der Waals surface area contributed by atoms with E-state index in [4.69, 9.17) is 5.11 Å². The van der Waals surface area contributed by atoms with Crippen molar-refractivity contribution in [2.45, 2.75) is 51.1 Å². The topological polar surface area (TPSA) is 78.4 Å². The fourth-order valence-electron chi connectivity index (χ4n) is 2.63. The Bertz CT molecular complexity index is 328. The molecule has 0 spiro atoms. The second-order valence-electron chi connectivity index (χ2n) is 5.47. The summed E-state index contributed by atoms with van der Waals surface area (Å²) >= 11 is 0. The molecule has 18 heavy (non-hydrogen) atoms. The van der Waals surface area contributed by atoms with Gasteiger partial charge in [-0.15, -0.1) is 0 Å². The molecule has 2 rings (SSSR count). The van der Waals surface area contributed by atoms with Gasteiger partial charge in [0.15, 0.2) is 0 Å². The molecule has 102 valence electrons. The van der Waals surface area contributed by atoms with Crippen LogP contribution in [0.15, 0.2) is 0 Å². The number of carboxylic acids is 1. The minimum atomic E-state index is -0.909. The molecule has 0 aromatic heterocycles. The van der Waals surface area contributed by atoms with Crippen molar-refractivity contribution in [1.82, 2.24) is 10.6 Å². The molecule has 3 unspecified atom stereocenters. The Labute approximate surface area is 107 Å². The zero-order valence-corrected chi connectivity index (χ0v) is 10.8. The van der Waals surface area contributed by atoms with Crippen LogP contribution in [-0.4, -0.2) is 35.6 Å². The van der Waals surface area contributed by atoms with Crippen molar-refractivity contribution in [2.75, 3.05) is 6.54 Å². The van der Waals surface area contributed by atoms with Gasteiger partial charge in [-0.1, -0.05) is 13.3 Å². The Morgan fingerprint density at radius 3 is 2.67 bits per heavy atom. The number of carbonyl (C=O) groups excluding carboxylic acids is 1. The van der Waals surface area contributed by atoms with Crippen LogP contribution in [0.25, 0.3) is 0 Å². The number of hydrogen-bond donors (Lipinski definition) is 3. The highest BCUT2D eigenvalue weighted by atomic mass is 16.4. The molecule has 2 fully saturated rings. The summed E-state index contributed by atoms with van der Waals surface area (Å²) in [6.07, 6.45) is 4.82. The van der Waals surface area contributed by atoms with E-state index in [0.717, 1.165) is 38.6 Å². The molecule has 3 N–H and O–H groups in total. The third kappa shape index (κ3) is 3.22. The molecule has 1 heterocycles. The van der Waals surface area contributed by atoms with Crippen molar-refractivity contribution >= 4 is 11.9 Å². The first-order valence-electron chi connectivity index (χ1n) is 6.88. The first kappa shape index (κ1) is 13.3. The maximum atomic E-state index is 12.1. The van der Waals surface area contributed by atoms with E-state index in [0.29, 0.717) is 5.92 Å². The van der Waals surface area contributed by atoms with Gasteiger partial charge in [0.05, 0.1) is 6.04 Å². The lowest BCUT2D eigenvalue weighted by molar-refractivity contribution is -0.142. The molecule has 1 aliphatic heterocycles. The second-order valence-corrected chi connectivity index (χ2v) is 5.47. The van der Waals surface area contributed by atoms with Gasteiger partial charge in [0.2, 0.25) is 5.91 Å². The molecule has 5 heteroatoms. The number of carbonyl (C=O) groups is 2. The van der Waals surface area contributed by atoms with Crippen LogP contribution in [0.2, 0.25) is 0 Å². The molecule has 1 saturated heterocycles. The first-order chi connectivity index (χ1) is 8.61. The van der Waals surface area contributed by atoms with E-state index in [9.17, 15) is 9.59 Å². The number of nitrogens with one attached hydrogen (secondary N) is 2. The van der Waals surface area contributed by atoms with Crippen molar-refractivity contribution in [3.8, 4) is 0 Å². The van der Waals surface area contributed by atoms with Crippen LogP contribution >= 0.6 is 0 Å². The van der Waals surface area contributed by atoms with Crippen molar-refractivity contribution in [2.24, 2.45) is 11.8 Å². The van der Waals surface area contributed by atoms with Crippen molar-refractivity contribution < 1.29 is 14.7 Å². The zero-order chi connectivity index (χ0) is 13.1. The largest absolute Gasteiger partial charge is 0.480 e. The van der Waals surface area contributed by atoms with Gasteiger partial charge >= 0.3 is 5.97 Å². The van der Waals surface area contributed by atoms with Crippen LogP contribution < -0.4 is 10.6 Å². The Morgan fingerprint density at radius 2 is 2.11 bits per heavy atom. The summed E-state index contributed by atoms with van der Waals surface area (Å²) in [7, 11) is 0. The van der Waals surface area contributed by atoms with Crippen LogP contribution in [-0.2, 0) is 9.59 Å². The highest BCUT2D eigenvalue weighted by Crippen LogP contribution is 2.33. The number of carboxylic acid groups (broad SMARTS) is 1. The summed E-state index contributed by atoms with van der Waals surface area (Å²) in [4.78, 5) is 23.2. The number of amides is 1. The van der Waals surface area contributed by atoms with Crippen LogP contribution in [0.4, 0.5) is 0 Å². The molecule has 3 atom stereocenters. The van der Waals surface area contributed by atoms with Gasteiger partial charge < -0.3 is 15.7 Å². The van der Waals surface area contributed by atoms with E-state index in [-0.39, 0.29) is 17.9 Å². The number of rotatable bonds is 5. The number of hydrogen-bond acceptors (Lipinski definition) is 3. The minimum Gasteiger partial charge on any atom is -0.480 e. The van der Waals surface area contributed by atoms with E-state index in [1.54, 1.807) is 0 Å². The molecular formula is C13H22N2O3. The highest BCUT2D eigenvalue weighted by Gasteiger charge is 2.38. The Morgan fingerprint density at radius 1 is 1.39 bits per heavy atom. The molecule has 1 saturated carbocycles. The zero-order valence-electron chi connectivity index (χ0n) is 10.8. The van der Waals surface area contributed by atoms with Gasteiger partial charge in [-0.05, 0) is 44.1 Å². The lowest BCUT2D eigenvalue weighted by Gasteiger charge is -2.29. The lowest BCUT2D eigenvalue weighted by Crippen LogP contribution is -2.53. The summed E-state index contributed by atoms with van der Waals surface area (Å²) in [5, 5.41) is 15.0. The molecule has 1 amide bonds. The van der Waals surface area contributed by atoms with Gasteiger partial charge in [-0.2, -0.15) is 0 Å². The fraction of sp³-hybridized carbons (Fsp3) is 0.846. The predicted octanol–water partition coefficient (Wildman–Crippen LogP) is 0.744. The third-order valence-electron chi connectivity index (χ3n) is 4.06. The highest BCUT2D eigenvalue weighted by molar-refractivity contribution is 5.87. The molecule has 0 radical (unpaired) electrons. The van der Waals surface area contributed by atoms with Crippen LogP contribution in [0.1, 0.15) is 39.0 Å². The van der Waals surface area contributed by atoms with E-state index >= 15 is 0 Å². The fourth-order valence-corrected chi connectivity index (χ4v) is 2.63. The molecule has 0 aromatic rings. The lowest BCUT2D eigenvalue weighted by atomic mass is 9.90. The van der Waals surface area contributed by atoms with Crippen LogP contribution in [0, 0.1) is 11.8 Å². The van der Waals surface area contributed by atoms with Crippen LogP contribution in [0.3, 0.4) is 0 Å². The van der Waals surface area contributed by atoms with E-state index in [1.807, 2.05) is 0 Å². The quantitative estimate of drug-likeness (QED) is 0.676. The summed E-state index contributed by atoms with van der Waals surface area (Å²) in [5.41, 5.74) is 0. The monoisotopic (exact) mass is 254 g/mol. The Balaban J connectivity index is 1.88. The number of piperidine rings is 1. The average Bonchev–Trinajstić information content (AvgIpc) is 3.19. The minimum absolute atomic E-state index is 0.136. The van der Waals surface area contributed by atoms with Gasteiger partial charge in [-0.3, -0.25) is 4.79 Å². The van der Waals surface area contributed by atoms with E-state index in [2.05, 4.69) is 17.6 Å². The second kappa shape index (κ2) is 5.69. The standard InChI is InChI=1S/C13H22N2O3/c1-2-8-5-6-14-10(7-8)12(16)15-11(13(17)18)9-3-4-9/h8-11,14H,2-7H2,1H3,(H,15,16)(H,17,18). The van der Waals surface area contributed by atoms with E-state index in [1.165, 1.54) is 0 Å². The molecule has 2 aliphatic rings. The summed E-state index contributed by atoms with van der Waals surface area (Å²) in [6.45, 7) is 2.98. The Kier molecular flexibility index (Phi) is 4.22. The Hall–Kier alpha value is -1.10. The molecule has 5 nitrogen and oxygen atoms in total. The normalized spacial score (nSPS) is 29.6.